The van der Waals surface area contributed by atoms with Gasteiger partial charge < -0.3 is 9.64 Å². The van der Waals surface area contributed by atoms with Crippen molar-refractivity contribution in [2.45, 2.75) is 13.0 Å². The Labute approximate surface area is 199 Å². The number of hydrogen-bond donors (Lipinski definition) is 2. The number of anilines is 2. The molecule has 1 aliphatic rings. The van der Waals surface area contributed by atoms with Gasteiger partial charge in [0, 0.05) is 28.1 Å². The van der Waals surface area contributed by atoms with Gasteiger partial charge in [0.15, 0.2) is 0 Å². The molecule has 1 heterocycles. The van der Waals surface area contributed by atoms with E-state index in [0.29, 0.717) is 29.6 Å². The SMILES string of the molecule is O=C(NNc1cc(Br)ccc1OCc1ccccc1)[C@H]1CC(=O)N(c2ccc(Cl)cc2)C1. The number of hydrazine groups is 1. The maximum absolute atomic E-state index is 12.7. The Morgan fingerprint density at radius 1 is 1.09 bits per heavy atom. The first-order valence-corrected chi connectivity index (χ1v) is 11.2. The van der Waals surface area contributed by atoms with Crippen LogP contribution >= 0.6 is 27.5 Å². The average molecular weight is 515 g/mol. The third kappa shape index (κ3) is 5.41. The maximum Gasteiger partial charge on any atom is 0.243 e. The molecule has 1 saturated heterocycles. The molecule has 6 nitrogen and oxygen atoms in total. The van der Waals surface area contributed by atoms with Crippen LogP contribution in [-0.4, -0.2) is 18.4 Å². The van der Waals surface area contributed by atoms with Crippen LogP contribution in [0.5, 0.6) is 5.75 Å². The van der Waals surface area contributed by atoms with Crippen molar-refractivity contribution in [3.8, 4) is 5.75 Å². The second-order valence-corrected chi connectivity index (χ2v) is 8.76. The Hall–Kier alpha value is -3.03. The van der Waals surface area contributed by atoms with E-state index in [1.54, 1.807) is 29.2 Å². The lowest BCUT2D eigenvalue weighted by molar-refractivity contribution is -0.125. The van der Waals surface area contributed by atoms with Crippen LogP contribution in [0.2, 0.25) is 5.02 Å². The van der Waals surface area contributed by atoms with Crippen molar-refractivity contribution in [2.75, 3.05) is 16.9 Å². The summed E-state index contributed by atoms with van der Waals surface area (Å²) in [6.45, 7) is 0.710. The van der Waals surface area contributed by atoms with Gasteiger partial charge in [-0.15, -0.1) is 0 Å². The third-order valence-corrected chi connectivity index (χ3v) is 5.88. The first-order chi connectivity index (χ1) is 15.5. The van der Waals surface area contributed by atoms with Crippen LogP contribution in [0, 0.1) is 5.92 Å². The van der Waals surface area contributed by atoms with Crippen LogP contribution in [-0.2, 0) is 16.2 Å². The van der Waals surface area contributed by atoms with Crippen molar-refractivity contribution in [3.05, 3.63) is 87.9 Å². The third-order valence-electron chi connectivity index (χ3n) is 5.13. The number of carbonyl (C=O) groups excluding carboxylic acids is 2. The fraction of sp³-hybridized carbons (Fsp3) is 0.167. The number of carbonyl (C=O) groups is 2. The number of amides is 2. The van der Waals surface area contributed by atoms with Crippen LogP contribution in [0.25, 0.3) is 0 Å². The van der Waals surface area contributed by atoms with Crippen LogP contribution < -0.4 is 20.5 Å². The predicted octanol–water partition coefficient (Wildman–Crippen LogP) is 5.18. The molecule has 3 aromatic rings. The first kappa shape index (κ1) is 22.2. The van der Waals surface area contributed by atoms with E-state index in [1.165, 1.54) is 0 Å². The summed E-state index contributed by atoms with van der Waals surface area (Å²) in [4.78, 5) is 26.8. The Balaban J connectivity index is 1.38. The molecule has 32 heavy (non-hydrogen) atoms. The normalized spacial score (nSPS) is 15.5. The van der Waals surface area contributed by atoms with E-state index >= 15 is 0 Å². The minimum atomic E-state index is -0.466. The summed E-state index contributed by atoms with van der Waals surface area (Å²) >= 11 is 9.37. The van der Waals surface area contributed by atoms with Gasteiger partial charge in [-0.3, -0.25) is 20.4 Å². The molecular weight excluding hydrogens is 494 g/mol. The predicted molar refractivity (Wildman–Crippen MR) is 129 cm³/mol. The van der Waals surface area contributed by atoms with Crippen LogP contribution in [0.3, 0.4) is 0 Å². The standard InChI is InChI=1S/C24H21BrClN3O3/c25-18-6-11-22(32-15-16-4-2-1-3-5-16)21(13-18)27-28-24(31)17-12-23(30)29(14-17)20-9-7-19(26)8-10-20/h1-11,13,17,27H,12,14-15H2,(H,28,31)/t17-/m0/s1. The van der Waals surface area contributed by atoms with E-state index in [4.69, 9.17) is 16.3 Å². The highest BCUT2D eigenvalue weighted by molar-refractivity contribution is 9.10. The summed E-state index contributed by atoms with van der Waals surface area (Å²) < 4.78 is 6.77. The first-order valence-electron chi connectivity index (χ1n) is 10.1. The van der Waals surface area contributed by atoms with E-state index in [1.807, 2.05) is 48.5 Å². The smallest absolute Gasteiger partial charge is 0.243 e. The fourth-order valence-corrected chi connectivity index (χ4v) is 3.93. The summed E-state index contributed by atoms with van der Waals surface area (Å²) in [5, 5.41) is 0.596. The van der Waals surface area contributed by atoms with E-state index in [-0.39, 0.29) is 18.2 Å². The molecule has 0 bridgehead atoms. The van der Waals surface area contributed by atoms with Crippen molar-refractivity contribution in [1.29, 1.82) is 0 Å². The summed E-state index contributed by atoms with van der Waals surface area (Å²) in [6.07, 6.45) is 0.145. The van der Waals surface area contributed by atoms with Crippen molar-refractivity contribution in [3.63, 3.8) is 0 Å². The quantitative estimate of drug-likeness (QED) is 0.426. The molecular formula is C24H21BrClN3O3. The number of nitrogens with zero attached hydrogens (tertiary/aromatic N) is 1. The lowest BCUT2D eigenvalue weighted by Crippen LogP contribution is -2.36. The van der Waals surface area contributed by atoms with Crippen molar-refractivity contribution >= 4 is 50.7 Å². The van der Waals surface area contributed by atoms with Crippen molar-refractivity contribution in [1.82, 2.24) is 5.43 Å². The topological polar surface area (TPSA) is 70.7 Å². The lowest BCUT2D eigenvalue weighted by Gasteiger charge is -2.18. The van der Waals surface area contributed by atoms with Crippen LogP contribution in [0.1, 0.15) is 12.0 Å². The monoisotopic (exact) mass is 513 g/mol. The van der Waals surface area contributed by atoms with Gasteiger partial charge in [0.05, 0.1) is 11.6 Å². The molecule has 0 unspecified atom stereocenters. The second-order valence-electron chi connectivity index (χ2n) is 7.41. The molecule has 0 aromatic heterocycles. The Morgan fingerprint density at radius 2 is 1.84 bits per heavy atom. The molecule has 0 spiro atoms. The highest BCUT2D eigenvalue weighted by atomic mass is 79.9. The van der Waals surface area contributed by atoms with Gasteiger partial charge in [-0.1, -0.05) is 57.9 Å². The molecule has 8 heteroatoms. The molecule has 164 valence electrons. The summed E-state index contributed by atoms with van der Waals surface area (Å²) in [5.74, 6) is -0.222. The number of rotatable bonds is 7. The van der Waals surface area contributed by atoms with Gasteiger partial charge >= 0.3 is 0 Å². The average Bonchev–Trinajstić information content (AvgIpc) is 3.19. The second kappa shape index (κ2) is 10.1. The largest absolute Gasteiger partial charge is 0.487 e. The molecule has 1 fully saturated rings. The number of ether oxygens (including phenoxy) is 1. The fourth-order valence-electron chi connectivity index (χ4n) is 3.45. The Bertz CT molecular complexity index is 1110. The van der Waals surface area contributed by atoms with Gasteiger partial charge in [0.1, 0.15) is 12.4 Å². The number of halogens is 2. The molecule has 4 rings (SSSR count). The number of nitrogens with one attached hydrogen (secondary N) is 2. The summed E-state index contributed by atoms with van der Waals surface area (Å²) in [7, 11) is 0. The van der Waals surface area contributed by atoms with Crippen LogP contribution in [0.4, 0.5) is 11.4 Å². The van der Waals surface area contributed by atoms with E-state index < -0.39 is 5.92 Å². The zero-order valence-electron chi connectivity index (χ0n) is 17.1. The van der Waals surface area contributed by atoms with E-state index in [9.17, 15) is 9.59 Å². The number of hydrogen-bond acceptors (Lipinski definition) is 4. The molecule has 0 aliphatic carbocycles. The van der Waals surface area contributed by atoms with Gasteiger partial charge in [-0.2, -0.15) is 0 Å². The van der Waals surface area contributed by atoms with Gasteiger partial charge in [0.25, 0.3) is 0 Å². The maximum atomic E-state index is 12.7. The minimum absolute atomic E-state index is 0.0955. The highest BCUT2D eigenvalue weighted by Crippen LogP contribution is 2.29. The number of benzene rings is 3. The Morgan fingerprint density at radius 3 is 2.59 bits per heavy atom. The molecule has 0 saturated carbocycles. The zero-order valence-corrected chi connectivity index (χ0v) is 19.4. The van der Waals surface area contributed by atoms with Crippen LogP contribution in [0.15, 0.2) is 77.3 Å². The molecule has 2 N–H and O–H groups in total. The van der Waals surface area contributed by atoms with Crippen molar-refractivity contribution < 1.29 is 14.3 Å². The highest BCUT2D eigenvalue weighted by Gasteiger charge is 2.35. The molecule has 1 atom stereocenters. The molecule has 2 amide bonds. The molecule has 3 aromatic carbocycles. The lowest BCUT2D eigenvalue weighted by atomic mass is 10.1. The zero-order chi connectivity index (χ0) is 22.5. The molecule has 1 aliphatic heterocycles. The summed E-state index contributed by atoms with van der Waals surface area (Å²) in [5.41, 5.74) is 8.04. The van der Waals surface area contributed by atoms with Crippen molar-refractivity contribution in [2.24, 2.45) is 5.92 Å². The van der Waals surface area contributed by atoms with Gasteiger partial charge in [-0.05, 0) is 48.0 Å². The van der Waals surface area contributed by atoms with Gasteiger partial charge in [0.2, 0.25) is 11.8 Å². The molecule has 0 radical (unpaired) electrons. The Kier molecular flexibility index (Phi) is 6.97. The van der Waals surface area contributed by atoms with E-state index in [2.05, 4.69) is 26.8 Å². The van der Waals surface area contributed by atoms with E-state index in [0.717, 1.165) is 15.7 Å². The summed E-state index contributed by atoms with van der Waals surface area (Å²) in [6, 6.07) is 22.3. The minimum Gasteiger partial charge on any atom is -0.487 e. The van der Waals surface area contributed by atoms with Gasteiger partial charge in [-0.25, -0.2) is 0 Å².